The Morgan fingerprint density at radius 3 is 2.75 bits per heavy atom. The van der Waals surface area contributed by atoms with Gasteiger partial charge in [-0.15, -0.1) is 0 Å². The Kier molecular flexibility index (Phi) is 5.99. The fraction of sp³-hybridized carbons (Fsp3) is 0.238. The molecule has 1 amide bonds. The zero-order valence-corrected chi connectivity index (χ0v) is 16.2. The van der Waals surface area contributed by atoms with Crippen molar-refractivity contribution in [2.45, 2.75) is 19.8 Å². The number of amides is 1. The molecule has 3 aromatic rings. The maximum absolute atomic E-state index is 13.6. The fourth-order valence-corrected chi connectivity index (χ4v) is 3.25. The van der Waals surface area contributed by atoms with E-state index < -0.39 is 5.63 Å². The van der Waals surface area contributed by atoms with E-state index in [-0.39, 0.29) is 30.3 Å². The first-order chi connectivity index (χ1) is 13.4. The van der Waals surface area contributed by atoms with Crippen LogP contribution in [0, 0.1) is 12.7 Å². The number of benzene rings is 2. The average Bonchev–Trinajstić information content (AvgIpc) is 2.67. The molecule has 0 unspecified atom stereocenters. The maximum Gasteiger partial charge on any atom is 0.340 e. The number of hydrogen-bond donors (Lipinski definition) is 1. The molecular formula is C21H19ClFNO4. The van der Waals surface area contributed by atoms with Crippen LogP contribution in [0.4, 0.5) is 4.39 Å². The zero-order valence-electron chi connectivity index (χ0n) is 15.5. The lowest BCUT2D eigenvalue weighted by Gasteiger charge is -2.10. The van der Waals surface area contributed by atoms with E-state index >= 15 is 0 Å². The largest absolute Gasteiger partial charge is 0.495 e. The summed E-state index contributed by atoms with van der Waals surface area (Å²) in [5.74, 6) is -0.254. The molecule has 1 N–H and O–H groups in total. The Labute approximate surface area is 166 Å². The predicted molar refractivity (Wildman–Crippen MR) is 106 cm³/mol. The molecule has 0 bridgehead atoms. The Morgan fingerprint density at radius 1 is 1.29 bits per heavy atom. The van der Waals surface area contributed by atoms with Gasteiger partial charge in [0.15, 0.2) is 0 Å². The van der Waals surface area contributed by atoms with E-state index in [4.69, 9.17) is 20.8 Å². The number of aryl methyl sites for hydroxylation is 1. The van der Waals surface area contributed by atoms with E-state index in [0.717, 1.165) is 0 Å². The first-order valence-corrected chi connectivity index (χ1v) is 9.08. The quantitative estimate of drug-likeness (QED) is 0.635. The first-order valence-electron chi connectivity index (χ1n) is 8.70. The molecule has 28 heavy (non-hydrogen) atoms. The van der Waals surface area contributed by atoms with Gasteiger partial charge in [0, 0.05) is 18.0 Å². The Balaban J connectivity index is 1.75. The monoisotopic (exact) mass is 403 g/mol. The number of carbonyl (C=O) groups excluding carboxylic acids is 1. The highest BCUT2D eigenvalue weighted by Gasteiger charge is 2.16. The van der Waals surface area contributed by atoms with Gasteiger partial charge in [-0.05, 0) is 36.6 Å². The molecule has 0 radical (unpaired) electrons. The molecule has 3 rings (SSSR count). The van der Waals surface area contributed by atoms with Gasteiger partial charge in [-0.25, -0.2) is 9.18 Å². The van der Waals surface area contributed by atoms with Gasteiger partial charge in [0.1, 0.15) is 17.1 Å². The van der Waals surface area contributed by atoms with Crippen LogP contribution in [0.25, 0.3) is 11.0 Å². The van der Waals surface area contributed by atoms with Crippen LogP contribution in [0.2, 0.25) is 5.02 Å². The second-order valence-corrected chi connectivity index (χ2v) is 6.75. The van der Waals surface area contributed by atoms with Crippen LogP contribution < -0.4 is 15.7 Å². The van der Waals surface area contributed by atoms with E-state index in [0.29, 0.717) is 39.3 Å². The van der Waals surface area contributed by atoms with Gasteiger partial charge >= 0.3 is 5.63 Å². The van der Waals surface area contributed by atoms with Gasteiger partial charge < -0.3 is 14.5 Å². The van der Waals surface area contributed by atoms with Crippen molar-refractivity contribution in [3.05, 3.63) is 74.3 Å². The van der Waals surface area contributed by atoms with Crippen LogP contribution >= 0.6 is 11.6 Å². The van der Waals surface area contributed by atoms with Crippen molar-refractivity contribution in [1.82, 2.24) is 5.32 Å². The molecule has 0 atom stereocenters. The lowest BCUT2D eigenvalue weighted by molar-refractivity contribution is -0.120. The molecular weight excluding hydrogens is 385 g/mol. The second kappa shape index (κ2) is 8.44. The van der Waals surface area contributed by atoms with Crippen LogP contribution in [0.3, 0.4) is 0 Å². The van der Waals surface area contributed by atoms with E-state index in [1.807, 2.05) is 0 Å². The van der Waals surface area contributed by atoms with Gasteiger partial charge in [0.05, 0.1) is 24.1 Å². The maximum atomic E-state index is 13.6. The number of ether oxygens (including phenoxy) is 1. The summed E-state index contributed by atoms with van der Waals surface area (Å²) < 4.78 is 24.1. The topological polar surface area (TPSA) is 68.5 Å². The summed E-state index contributed by atoms with van der Waals surface area (Å²) >= 11 is 6.16. The third kappa shape index (κ3) is 4.17. The Bertz CT molecular complexity index is 1090. The highest BCUT2D eigenvalue weighted by Crippen LogP contribution is 2.31. The number of halogens is 2. The fourth-order valence-electron chi connectivity index (χ4n) is 3.01. The molecule has 5 nitrogen and oxygen atoms in total. The summed E-state index contributed by atoms with van der Waals surface area (Å²) in [7, 11) is 1.47. The van der Waals surface area contributed by atoms with Crippen molar-refractivity contribution < 1.29 is 18.3 Å². The van der Waals surface area contributed by atoms with Crippen LogP contribution in [0.5, 0.6) is 5.75 Å². The lowest BCUT2D eigenvalue weighted by atomic mass is 10.0. The molecule has 0 fully saturated rings. The molecule has 2 aromatic carbocycles. The van der Waals surface area contributed by atoms with Crippen molar-refractivity contribution in [3.63, 3.8) is 0 Å². The van der Waals surface area contributed by atoms with Crippen LogP contribution in [-0.4, -0.2) is 19.6 Å². The molecule has 1 aromatic heterocycles. The number of rotatable bonds is 6. The lowest BCUT2D eigenvalue weighted by Crippen LogP contribution is -2.29. The normalized spacial score (nSPS) is 10.9. The molecule has 0 aliphatic heterocycles. The summed E-state index contributed by atoms with van der Waals surface area (Å²) in [5.41, 5.74) is 1.16. The number of methoxy groups -OCH3 is 1. The van der Waals surface area contributed by atoms with E-state index in [2.05, 4.69) is 5.32 Å². The molecule has 0 aliphatic rings. The highest BCUT2D eigenvalue weighted by atomic mass is 35.5. The van der Waals surface area contributed by atoms with Gasteiger partial charge in [-0.1, -0.05) is 29.8 Å². The van der Waals surface area contributed by atoms with E-state index in [9.17, 15) is 14.0 Å². The number of carbonyl (C=O) groups is 1. The van der Waals surface area contributed by atoms with E-state index in [1.54, 1.807) is 37.3 Å². The third-order valence-corrected chi connectivity index (χ3v) is 4.87. The zero-order chi connectivity index (χ0) is 20.3. The molecule has 7 heteroatoms. The first kappa shape index (κ1) is 19.9. The SMILES string of the molecule is COc1cc2oc(=O)c(CC(=O)NCCc3ccccc3F)c(C)c2cc1Cl. The summed E-state index contributed by atoms with van der Waals surface area (Å²) in [6.07, 6.45) is 0.226. The smallest absolute Gasteiger partial charge is 0.340 e. The molecule has 0 aliphatic carbocycles. The van der Waals surface area contributed by atoms with Crippen LogP contribution in [0.15, 0.2) is 45.6 Å². The van der Waals surface area contributed by atoms with Gasteiger partial charge in [0.25, 0.3) is 0 Å². The summed E-state index contributed by atoms with van der Waals surface area (Å²) in [5, 5.41) is 3.73. The van der Waals surface area contributed by atoms with Crippen molar-refractivity contribution in [1.29, 1.82) is 0 Å². The molecule has 1 heterocycles. The third-order valence-electron chi connectivity index (χ3n) is 4.57. The summed E-state index contributed by atoms with van der Waals surface area (Å²) in [6, 6.07) is 9.59. The standard InChI is InChI=1S/C21H19ClFNO4/c1-12-14-9-16(22)19(27-2)11-18(14)28-21(26)15(12)10-20(25)24-8-7-13-5-3-4-6-17(13)23/h3-6,9,11H,7-8,10H2,1-2H3,(H,24,25). The Hall–Kier alpha value is -2.86. The Morgan fingerprint density at radius 2 is 2.04 bits per heavy atom. The number of fused-ring (bicyclic) bond motifs is 1. The second-order valence-electron chi connectivity index (χ2n) is 6.34. The number of hydrogen-bond acceptors (Lipinski definition) is 4. The van der Waals surface area contributed by atoms with Crippen LogP contribution in [-0.2, 0) is 17.6 Å². The summed E-state index contributed by atoms with van der Waals surface area (Å²) in [4.78, 5) is 24.6. The molecule has 0 saturated heterocycles. The van der Waals surface area contributed by atoms with Crippen LogP contribution in [0.1, 0.15) is 16.7 Å². The highest BCUT2D eigenvalue weighted by molar-refractivity contribution is 6.32. The minimum absolute atomic E-state index is 0.134. The minimum atomic E-state index is -0.585. The molecule has 146 valence electrons. The summed E-state index contributed by atoms with van der Waals surface area (Å²) in [6.45, 7) is 2.00. The van der Waals surface area contributed by atoms with Crippen molar-refractivity contribution in [3.8, 4) is 5.75 Å². The minimum Gasteiger partial charge on any atom is -0.495 e. The van der Waals surface area contributed by atoms with Crippen molar-refractivity contribution >= 4 is 28.5 Å². The van der Waals surface area contributed by atoms with Gasteiger partial charge in [-0.2, -0.15) is 0 Å². The van der Waals surface area contributed by atoms with Crippen molar-refractivity contribution in [2.24, 2.45) is 0 Å². The van der Waals surface area contributed by atoms with Gasteiger partial charge in [-0.3, -0.25) is 4.79 Å². The molecule has 0 spiro atoms. The number of nitrogens with one attached hydrogen (secondary N) is 1. The predicted octanol–water partition coefficient (Wildman–Crippen LogP) is 3.80. The van der Waals surface area contributed by atoms with Gasteiger partial charge in [0.2, 0.25) is 5.91 Å². The van der Waals surface area contributed by atoms with Crippen molar-refractivity contribution in [2.75, 3.05) is 13.7 Å². The van der Waals surface area contributed by atoms with E-state index in [1.165, 1.54) is 13.2 Å². The molecule has 0 saturated carbocycles. The average molecular weight is 404 g/mol.